The zero-order valence-electron chi connectivity index (χ0n) is 16.8. The molecule has 0 atom stereocenters. The van der Waals surface area contributed by atoms with Gasteiger partial charge in [-0.25, -0.2) is 4.68 Å². The number of amides is 1. The molecule has 1 N–H and O–H groups in total. The monoisotopic (exact) mass is 398 g/mol. The molecule has 3 aromatic rings. The van der Waals surface area contributed by atoms with Gasteiger partial charge in [-0.15, -0.1) is 0 Å². The summed E-state index contributed by atoms with van der Waals surface area (Å²) in [6, 6.07) is 10.0. The van der Waals surface area contributed by atoms with Crippen LogP contribution in [0.15, 0.2) is 30.3 Å². The molecule has 2 aromatic heterocycles. The topological polar surface area (TPSA) is 71.7 Å². The van der Waals surface area contributed by atoms with Crippen LogP contribution in [0.25, 0.3) is 5.69 Å². The van der Waals surface area contributed by atoms with E-state index in [4.69, 9.17) is 12.2 Å². The minimum Gasteiger partial charge on any atom is -0.340 e. The van der Waals surface area contributed by atoms with E-state index >= 15 is 0 Å². The Bertz CT molecular complexity index is 1020. The molecule has 1 amide bonds. The number of rotatable bonds is 7. The maximum absolute atomic E-state index is 12.8. The minimum atomic E-state index is -0.0129. The van der Waals surface area contributed by atoms with Crippen LogP contribution in [-0.4, -0.2) is 42.4 Å². The van der Waals surface area contributed by atoms with E-state index in [2.05, 4.69) is 22.2 Å². The van der Waals surface area contributed by atoms with Gasteiger partial charge in [-0.3, -0.25) is 14.5 Å². The number of carbonyl (C=O) groups is 1. The Kier molecular flexibility index (Phi) is 6.08. The smallest absolute Gasteiger partial charge is 0.242 e. The summed E-state index contributed by atoms with van der Waals surface area (Å²) < 4.78 is 4.19. The second kappa shape index (κ2) is 8.52. The van der Waals surface area contributed by atoms with Crippen LogP contribution < -0.4 is 0 Å². The number of hydrogen-bond donors (Lipinski definition) is 1. The molecule has 0 aliphatic heterocycles. The second-order valence-corrected chi connectivity index (χ2v) is 7.31. The Hall–Kier alpha value is -2.74. The lowest BCUT2D eigenvalue weighted by molar-refractivity contribution is -0.131. The number of nitrogens with zero attached hydrogens (tertiary/aromatic N) is 5. The predicted molar refractivity (Wildman–Crippen MR) is 111 cm³/mol. The first-order valence-electron chi connectivity index (χ1n) is 9.41. The van der Waals surface area contributed by atoms with Gasteiger partial charge in [0.25, 0.3) is 0 Å². The maximum atomic E-state index is 12.8. The Morgan fingerprint density at radius 2 is 1.96 bits per heavy atom. The van der Waals surface area contributed by atoms with E-state index in [0.29, 0.717) is 11.3 Å². The number of benzene rings is 1. The van der Waals surface area contributed by atoms with Gasteiger partial charge >= 0.3 is 0 Å². The van der Waals surface area contributed by atoms with Crippen molar-refractivity contribution in [3.63, 3.8) is 0 Å². The number of likely N-dealkylation sites (N-methyl/N-ethyl adjacent to an activating group) is 1. The Balaban J connectivity index is 1.77. The third-order valence-electron chi connectivity index (χ3n) is 4.87. The first-order chi connectivity index (χ1) is 13.4. The molecule has 0 fully saturated rings. The lowest BCUT2D eigenvalue weighted by atomic mass is 10.2. The predicted octanol–water partition coefficient (Wildman–Crippen LogP) is 3.35. The third-order valence-corrected chi connectivity index (χ3v) is 5.18. The number of para-hydroxylation sites is 1. The van der Waals surface area contributed by atoms with E-state index in [1.54, 1.807) is 9.47 Å². The van der Waals surface area contributed by atoms with Crippen LogP contribution in [0.5, 0.6) is 0 Å². The van der Waals surface area contributed by atoms with Crippen molar-refractivity contribution in [1.82, 2.24) is 29.4 Å². The van der Waals surface area contributed by atoms with Crippen molar-refractivity contribution in [2.24, 2.45) is 0 Å². The fraction of sp³-hybridized carbons (Fsp3) is 0.400. The molecule has 148 valence electrons. The standard InChI is InChI=1S/C20H26N6OS/c1-5-9-18-21-22-20(28)25(18)13-19(27)24(4)12-17-14(2)23-26(15(17)3)16-10-7-6-8-11-16/h6-8,10-11H,5,9,12-13H2,1-4H3,(H,22,28). The van der Waals surface area contributed by atoms with Crippen LogP contribution in [0.2, 0.25) is 0 Å². The average molecular weight is 399 g/mol. The molecule has 3 rings (SSSR count). The highest BCUT2D eigenvalue weighted by Gasteiger charge is 2.18. The number of aryl methyl sites for hydroxylation is 2. The van der Waals surface area contributed by atoms with Crippen LogP contribution in [0.1, 0.15) is 36.1 Å². The van der Waals surface area contributed by atoms with Gasteiger partial charge in [0, 0.05) is 31.3 Å². The largest absolute Gasteiger partial charge is 0.340 e. The average Bonchev–Trinajstić information content (AvgIpc) is 3.17. The van der Waals surface area contributed by atoms with Crippen LogP contribution in [0.4, 0.5) is 0 Å². The quantitative estimate of drug-likeness (QED) is 0.620. The van der Waals surface area contributed by atoms with Gasteiger partial charge in [0.1, 0.15) is 12.4 Å². The summed E-state index contributed by atoms with van der Waals surface area (Å²) in [6.45, 7) is 6.77. The van der Waals surface area contributed by atoms with Crippen molar-refractivity contribution in [2.45, 2.75) is 46.7 Å². The molecule has 0 saturated carbocycles. The molecule has 28 heavy (non-hydrogen) atoms. The number of hydrogen-bond acceptors (Lipinski definition) is 4. The van der Waals surface area contributed by atoms with Crippen molar-refractivity contribution >= 4 is 18.1 Å². The molecule has 7 nitrogen and oxygen atoms in total. The fourth-order valence-corrected chi connectivity index (χ4v) is 3.45. The van der Waals surface area contributed by atoms with Crippen molar-refractivity contribution in [3.8, 4) is 5.69 Å². The number of aromatic nitrogens is 5. The van der Waals surface area contributed by atoms with Crippen LogP contribution in [0.3, 0.4) is 0 Å². The van der Waals surface area contributed by atoms with Crippen molar-refractivity contribution in [2.75, 3.05) is 7.05 Å². The molecule has 0 bridgehead atoms. The lowest BCUT2D eigenvalue weighted by Crippen LogP contribution is -2.30. The second-order valence-electron chi connectivity index (χ2n) is 6.93. The normalized spacial score (nSPS) is 11.0. The highest BCUT2D eigenvalue weighted by Crippen LogP contribution is 2.19. The molecule has 0 saturated heterocycles. The van der Waals surface area contributed by atoms with Gasteiger partial charge in [0.2, 0.25) is 5.91 Å². The first kappa shape index (κ1) is 20.0. The molecular formula is C20H26N6OS. The van der Waals surface area contributed by atoms with Gasteiger partial charge in [-0.1, -0.05) is 25.1 Å². The zero-order valence-corrected chi connectivity index (χ0v) is 17.6. The molecular weight excluding hydrogens is 372 g/mol. The third kappa shape index (κ3) is 4.06. The molecule has 8 heteroatoms. The highest BCUT2D eigenvalue weighted by molar-refractivity contribution is 7.71. The summed E-state index contributed by atoms with van der Waals surface area (Å²) in [5.74, 6) is 0.805. The summed E-state index contributed by atoms with van der Waals surface area (Å²) in [5, 5.41) is 11.7. The maximum Gasteiger partial charge on any atom is 0.242 e. The van der Waals surface area contributed by atoms with E-state index in [-0.39, 0.29) is 12.5 Å². The molecule has 0 radical (unpaired) electrons. The molecule has 1 aromatic carbocycles. The van der Waals surface area contributed by atoms with Gasteiger partial charge in [0.15, 0.2) is 4.77 Å². The number of carbonyl (C=O) groups excluding carboxylic acids is 1. The van der Waals surface area contributed by atoms with E-state index < -0.39 is 0 Å². The molecule has 0 spiro atoms. The Morgan fingerprint density at radius 1 is 1.25 bits per heavy atom. The van der Waals surface area contributed by atoms with E-state index in [0.717, 1.165) is 41.3 Å². The Labute approximate surface area is 170 Å². The number of aromatic amines is 1. The molecule has 2 heterocycles. The van der Waals surface area contributed by atoms with E-state index in [9.17, 15) is 4.79 Å². The number of nitrogens with one attached hydrogen (secondary N) is 1. The Morgan fingerprint density at radius 3 is 2.64 bits per heavy atom. The van der Waals surface area contributed by atoms with Gasteiger partial charge < -0.3 is 4.90 Å². The summed E-state index contributed by atoms with van der Waals surface area (Å²) in [6.07, 6.45) is 1.73. The van der Waals surface area contributed by atoms with Crippen LogP contribution in [0, 0.1) is 18.6 Å². The minimum absolute atomic E-state index is 0.0129. The summed E-state index contributed by atoms with van der Waals surface area (Å²) in [4.78, 5) is 14.5. The fourth-order valence-electron chi connectivity index (χ4n) is 3.23. The van der Waals surface area contributed by atoms with Gasteiger partial charge in [0.05, 0.1) is 11.4 Å². The highest BCUT2D eigenvalue weighted by atomic mass is 32.1. The molecule has 0 aliphatic rings. The van der Waals surface area contributed by atoms with Gasteiger partial charge in [-0.05, 0) is 44.6 Å². The zero-order chi connectivity index (χ0) is 20.3. The van der Waals surface area contributed by atoms with Crippen molar-refractivity contribution in [3.05, 3.63) is 57.9 Å². The summed E-state index contributed by atoms with van der Waals surface area (Å²) >= 11 is 5.28. The molecule has 0 unspecified atom stereocenters. The lowest BCUT2D eigenvalue weighted by Gasteiger charge is -2.18. The first-order valence-corrected chi connectivity index (χ1v) is 9.81. The van der Waals surface area contributed by atoms with Crippen molar-refractivity contribution in [1.29, 1.82) is 0 Å². The SMILES string of the molecule is CCCc1n[nH]c(=S)n1CC(=O)N(C)Cc1c(C)nn(-c2ccccc2)c1C. The van der Waals surface area contributed by atoms with E-state index in [1.165, 1.54) is 0 Å². The summed E-state index contributed by atoms with van der Waals surface area (Å²) in [7, 11) is 1.81. The number of H-pyrrole nitrogens is 1. The van der Waals surface area contributed by atoms with Crippen molar-refractivity contribution < 1.29 is 4.79 Å². The summed E-state index contributed by atoms with van der Waals surface area (Å²) in [5.41, 5.74) is 4.03. The van der Waals surface area contributed by atoms with Crippen LogP contribution in [-0.2, 0) is 24.3 Å². The van der Waals surface area contributed by atoms with E-state index in [1.807, 2.05) is 55.9 Å². The van der Waals surface area contributed by atoms with Gasteiger partial charge in [-0.2, -0.15) is 10.2 Å². The van der Waals surface area contributed by atoms with Crippen LogP contribution >= 0.6 is 12.2 Å². The molecule has 0 aliphatic carbocycles.